The number of rotatable bonds is 4. The van der Waals surface area contributed by atoms with Crippen molar-refractivity contribution in [3.8, 4) is 11.3 Å². The number of carbonyl (C=O) groups is 1. The maximum Gasteiger partial charge on any atom is 0.266 e. The number of carbonyl (C=O) groups excluding carboxylic acids is 1. The first kappa shape index (κ1) is 17.7. The lowest BCUT2D eigenvalue weighted by Crippen LogP contribution is -2.40. The van der Waals surface area contributed by atoms with Gasteiger partial charge in [0, 0.05) is 31.3 Å². The van der Waals surface area contributed by atoms with Gasteiger partial charge in [0.15, 0.2) is 0 Å². The summed E-state index contributed by atoms with van der Waals surface area (Å²) in [5.74, 6) is 0.471. The molecule has 0 spiro atoms. The molecule has 0 unspecified atom stereocenters. The number of nitrogens with zero attached hydrogens (tertiary/aromatic N) is 3. The van der Waals surface area contributed by atoms with Crippen LogP contribution >= 0.6 is 11.3 Å². The molecule has 1 aliphatic heterocycles. The Labute approximate surface area is 161 Å². The van der Waals surface area contributed by atoms with Crippen molar-refractivity contribution in [2.24, 2.45) is 5.92 Å². The van der Waals surface area contributed by atoms with Crippen LogP contribution in [-0.2, 0) is 6.54 Å². The quantitative estimate of drug-likeness (QED) is 0.697. The number of piperidine rings is 1. The number of hydrogen-bond donors (Lipinski definition) is 0. The first-order valence-corrected chi connectivity index (χ1v) is 10.0. The van der Waals surface area contributed by atoms with Gasteiger partial charge in [0.25, 0.3) is 11.5 Å². The van der Waals surface area contributed by atoms with Crippen molar-refractivity contribution in [3.63, 3.8) is 0 Å². The van der Waals surface area contributed by atoms with Crippen molar-refractivity contribution < 1.29 is 4.79 Å². The first-order chi connectivity index (χ1) is 13.2. The average Bonchev–Trinajstić information content (AvgIpc) is 3.25. The highest BCUT2D eigenvalue weighted by Gasteiger charge is 2.24. The molecular weight excluding hydrogens is 358 g/mol. The lowest BCUT2D eigenvalue weighted by atomic mass is 9.96. The van der Waals surface area contributed by atoms with E-state index in [4.69, 9.17) is 0 Å². The molecule has 0 atom stereocenters. The molecule has 3 aromatic rings. The van der Waals surface area contributed by atoms with Crippen LogP contribution in [0.1, 0.15) is 22.5 Å². The molecule has 3 heterocycles. The maximum atomic E-state index is 12.5. The predicted octanol–water partition coefficient (Wildman–Crippen LogP) is 3.52. The fraction of sp³-hybridized carbons (Fsp3) is 0.286. The van der Waals surface area contributed by atoms with E-state index >= 15 is 0 Å². The number of hydrogen-bond acceptors (Lipinski definition) is 4. The van der Waals surface area contributed by atoms with Crippen molar-refractivity contribution >= 4 is 17.2 Å². The van der Waals surface area contributed by atoms with Gasteiger partial charge in [0.1, 0.15) is 0 Å². The van der Waals surface area contributed by atoms with Gasteiger partial charge in [0.05, 0.1) is 10.6 Å². The molecule has 0 radical (unpaired) electrons. The molecule has 4 rings (SSSR count). The first-order valence-electron chi connectivity index (χ1n) is 9.17. The molecule has 138 valence electrons. The Balaban J connectivity index is 1.42. The smallest absolute Gasteiger partial charge is 0.266 e. The minimum absolute atomic E-state index is 0.0771. The highest BCUT2D eigenvalue weighted by molar-refractivity contribution is 7.12. The Hall–Kier alpha value is -2.73. The van der Waals surface area contributed by atoms with E-state index in [0.717, 1.165) is 42.1 Å². The summed E-state index contributed by atoms with van der Waals surface area (Å²) in [5, 5.41) is 6.49. The van der Waals surface area contributed by atoms with Gasteiger partial charge in [0.2, 0.25) is 0 Å². The Morgan fingerprint density at radius 3 is 2.52 bits per heavy atom. The molecule has 0 bridgehead atoms. The van der Waals surface area contributed by atoms with E-state index in [-0.39, 0.29) is 11.5 Å². The lowest BCUT2D eigenvalue weighted by molar-refractivity contribution is 0.0685. The Bertz CT molecular complexity index is 959. The number of thiophene rings is 1. The molecule has 2 aromatic heterocycles. The van der Waals surface area contributed by atoms with Crippen LogP contribution < -0.4 is 5.56 Å². The fourth-order valence-electron chi connectivity index (χ4n) is 3.46. The van der Waals surface area contributed by atoms with Crippen LogP contribution in [0.3, 0.4) is 0 Å². The van der Waals surface area contributed by atoms with E-state index in [2.05, 4.69) is 5.10 Å². The molecule has 27 heavy (non-hydrogen) atoms. The van der Waals surface area contributed by atoms with Crippen LogP contribution in [0, 0.1) is 5.92 Å². The average molecular weight is 379 g/mol. The Morgan fingerprint density at radius 2 is 1.81 bits per heavy atom. The Kier molecular flexibility index (Phi) is 5.16. The second kappa shape index (κ2) is 7.88. The van der Waals surface area contributed by atoms with E-state index in [1.54, 1.807) is 16.8 Å². The molecule has 0 aliphatic carbocycles. The zero-order valence-corrected chi connectivity index (χ0v) is 15.8. The summed E-state index contributed by atoms with van der Waals surface area (Å²) < 4.78 is 1.57. The molecule has 5 nitrogen and oxygen atoms in total. The van der Waals surface area contributed by atoms with Gasteiger partial charge >= 0.3 is 0 Å². The van der Waals surface area contributed by atoms with Crippen molar-refractivity contribution in [1.29, 1.82) is 0 Å². The van der Waals surface area contributed by atoms with Gasteiger partial charge < -0.3 is 4.90 Å². The molecule has 1 amide bonds. The number of likely N-dealkylation sites (tertiary alicyclic amines) is 1. The van der Waals surface area contributed by atoms with Gasteiger partial charge in [-0.05, 0) is 36.3 Å². The number of amides is 1. The molecule has 1 fully saturated rings. The molecule has 0 N–H and O–H groups in total. The highest BCUT2D eigenvalue weighted by atomic mass is 32.1. The standard InChI is InChI=1S/C21H21N3O2S/c25-20-9-8-18(17-5-2-1-3-6-17)22-24(20)15-16-10-12-23(13-11-16)21(26)19-7-4-14-27-19/h1-9,14,16H,10-13,15H2. The van der Waals surface area contributed by atoms with Gasteiger partial charge in [-0.25, -0.2) is 4.68 Å². The normalized spacial score (nSPS) is 15.0. The molecule has 1 saturated heterocycles. The summed E-state index contributed by atoms with van der Waals surface area (Å²) in [6.07, 6.45) is 1.78. The van der Waals surface area contributed by atoms with Crippen molar-refractivity contribution in [2.75, 3.05) is 13.1 Å². The van der Waals surface area contributed by atoms with Gasteiger partial charge in [-0.1, -0.05) is 36.4 Å². The summed E-state index contributed by atoms with van der Waals surface area (Å²) in [6, 6.07) is 17.0. The maximum absolute atomic E-state index is 12.5. The van der Waals surface area contributed by atoms with E-state index in [1.165, 1.54) is 11.3 Å². The van der Waals surface area contributed by atoms with E-state index in [1.807, 2.05) is 52.7 Å². The van der Waals surface area contributed by atoms with E-state index in [0.29, 0.717) is 12.5 Å². The topological polar surface area (TPSA) is 55.2 Å². The van der Waals surface area contributed by atoms with Crippen LogP contribution in [0.2, 0.25) is 0 Å². The second-order valence-corrected chi connectivity index (χ2v) is 7.77. The second-order valence-electron chi connectivity index (χ2n) is 6.82. The summed E-state index contributed by atoms with van der Waals surface area (Å²) >= 11 is 1.48. The third kappa shape index (κ3) is 4.01. The third-order valence-electron chi connectivity index (χ3n) is 5.00. The SMILES string of the molecule is O=C(c1cccs1)N1CCC(Cn2nc(-c3ccccc3)ccc2=O)CC1. The third-order valence-corrected chi connectivity index (χ3v) is 5.86. The van der Waals surface area contributed by atoms with Crippen LogP contribution in [0.4, 0.5) is 0 Å². The van der Waals surface area contributed by atoms with E-state index in [9.17, 15) is 9.59 Å². The van der Waals surface area contributed by atoms with E-state index < -0.39 is 0 Å². The molecule has 1 aromatic carbocycles. The lowest BCUT2D eigenvalue weighted by Gasteiger charge is -2.31. The minimum atomic E-state index is -0.0771. The summed E-state index contributed by atoms with van der Waals surface area (Å²) in [4.78, 5) is 27.4. The van der Waals surface area contributed by atoms with Crippen LogP contribution in [0.15, 0.2) is 64.8 Å². The fourth-order valence-corrected chi connectivity index (χ4v) is 4.15. The molecular formula is C21H21N3O2S. The van der Waals surface area contributed by atoms with Crippen molar-refractivity contribution in [3.05, 3.63) is 75.2 Å². The zero-order valence-electron chi connectivity index (χ0n) is 15.0. The molecule has 1 aliphatic rings. The largest absolute Gasteiger partial charge is 0.338 e. The van der Waals surface area contributed by atoms with Crippen LogP contribution in [0.25, 0.3) is 11.3 Å². The summed E-state index contributed by atoms with van der Waals surface area (Å²) in [7, 11) is 0. The van der Waals surface area contributed by atoms with Crippen molar-refractivity contribution in [1.82, 2.24) is 14.7 Å². The van der Waals surface area contributed by atoms with Crippen LogP contribution in [0.5, 0.6) is 0 Å². The molecule has 6 heteroatoms. The Morgan fingerprint density at radius 1 is 1.04 bits per heavy atom. The zero-order chi connectivity index (χ0) is 18.6. The van der Waals surface area contributed by atoms with Gasteiger partial charge in [-0.3, -0.25) is 9.59 Å². The summed E-state index contributed by atoms with van der Waals surface area (Å²) in [6.45, 7) is 2.06. The monoisotopic (exact) mass is 379 g/mol. The van der Waals surface area contributed by atoms with Crippen molar-refractivity contribution in [2.45, 2.75) is 19.4 Å². The molecule has 0 saturated carbocycles. The minimum Gasteiger partial charge on any atom is -0.338 e. The number of aromatic nitrogens is 2. The van der Waals surface area contributed by atoms with Crippen LogP contribution in [-0.4, -0.2) is 33.7 Å². The predicted molar refractivity (Wildman–Crippen MR) is 107 cm³/mol. The highest BCUT2D eigenvalue weighted by Crippen LogP contribution is 2.22. The van der Waals surface area contributed by atoms with Gasteiger partial charge in [-0.2, -0.15) is 5.10 Å². The van der Waals surface area contributed by atoms with Gasteiger partial charge in [-0.15, -0.1) is 11.3 Å². The number of benzene rings is 1. The summed E-state index contributed by atoms with van der Waals surface area (Å²) in [5.41, 5.74) is 1.73.